The fourth-order valence-corrected chi connectivity index (χ4v) is 1.72. The van der Waals surface area contributed by atoms with Gasteiger partial charge in [0, 0.05) is 10.7 Å². The highest BCUT2D eigenvalue weighted by molar-refractivity contribution is 8.14. The van der Waals surface area contributed by atoms with Crippen molar-refractivity contribution in [3.05, 3.63) is 0 Å². The lowest BCUT2D eigenvalue weighted by molar-refractivity contribution is -0.490. The maximum absolute atomic E-state index is 13.2. The fourth-order valence-electron chi connectivity index (χ4n) is 1.06. The van der Waals surface area contributed by atoms with Gasteiger partial charge >= 0.3 is 44.8 Å². The summed E-state index contributed by atoms with van der Waals surface area (Å²) >= 11 is 0. The molecule has 0 saturated heterocycles. The van der Waals surface area contributed by atoms with Crippen molar-refractivity contribution in [3.8, 4) is 0 Å². The first-order valence-electron chi connectivity index (χ1n) is 4.76. The van der Waals surface area contributed by atoms with Crippen molar-refractivity contribution in [3.63, 3.8) is 0 Å². The maximum atomic E-state index is 13.2. The molecule has 0 bridgehead atoms. The van der Waals surface area contributed by atoms with E-state index < -0.39 is 49.7 Å². The van der Waals surface area contributed by atoms with Gasteiger partial charge in [0.05, 0.1) is 0 Å². The largest absolute Gasteiger partial charge is 0.469 e. The first-order valence-corrected chi connectivity index (χ1v) is 7.07. The minimum absolute atomic E-state index is 3.65. The number of nitrogens with zero attached hydrogens (tertiary/aromatic N) is 1. The normalized spacial score (nSPS) is 16.5. The van der Waals surface area contributed by atoms with Gasteiger partial charge in [-0.25, -0.2) is 8.42 Å². The standard InChI is InChI=1S/C6ClF14NO2S/c7-25(23,24)6(20,21)5(18,19)22(3(14,15)1(8,9)10)4(16,17)2(11,12)13. The molecule has 0 fully saturated rings. The van der Waals surface area contributed by atoms with E-state index in [1.165, 1.54) is 0 Å². The molecule has 0 rings (SSSR count). The molecule has 0 aliphatic heterocycles. The van der Waals surface area contributed by atoms with Gasteiger partial charge in [-0.3, -0.25) is 0 Å². The second-order valence-electron chi connectivity index (χ2n) is 3.91. The summed E-state index contributed by atoms with van der Waals surface area (Å²) in [6.45, 7) is 0. The molecule has 0 N–H and O–H groups in total. The minimum Gasteiger partial charge on any atom is -0.205 e. The molecule has 3 nitrogen and oxygen atoms in total. The molecule has 0 heterocycles. The SMILES string of the molecule is O=S(=O)(Cl)C(F)(F)C(F)(F)N(C(F)(F)C(F)(F)F)C(F)(F)C(F)(F)F. The average Bonchev–Trinajstić information content (AvgIpc) is 2.21. The number of hydrogen-bond donors (Lipinski definition) is 0. The van der Waals surface area contributed by atoms with Crippen LogP contribution in [-0.4, -0.2) is 49.1 Å². The molecule has 0 aromatic rings. The van der Waals surface area contributed by atoms with Gasteiger partial charge in [0.1, 0.15) is 0 Å². The molecule has 0 spiro atoms. The van der Waals surface area contributed by atoms with Crippen LogP contribution >= 0.6 is 10.7 Å². The molecule has 25 heavy (non-hydrogen) atoms. The molecule has 0 aromatic carbocycles. The van der Waals surface area contributed by atoms with Crippen molar-refractivity contribution in [2.24, 2.45) is 0 Å². The summed E-state index contributed by atoms with van der Waals surface area (Å²) in [5, 5.41) is -7.43. The third-order valence-corrected chi connectivity index (χ3v) is 3.62. The highest BCUT2D eigenvalue weighted by atomic mass is 35.7. The zero-order valence-corrected chi connectivity index (χ0v) is 11.9. The first kappa shape index (κ1) is 24.2. The van der Waals surface area contributed by atoms with E-state index in [1.54, 1.807) is 0 Å². The van der Waals surface area contributed by atoms with Crippen molar-refractivity contribution in [2.75, 3.05) is 0 Å². The molecule has 0 amide bonds. The lowest BCUT2D eigenvalue weighted by Crippen LogP contribution is -2.74. The van der Waals surface area contributed by atoms with Crippen LogP contribution in [0.15, 0.2) is 0 Å². The Bertz CT molecular complexity index is 580. The summed E-state index contributed by atoms with van der Waals surface area (Å²) < 4.78 is 196. The molecule has 19 heteroatoms. The number of halogens is 15. The van der Waals surface area contributed by atoms with E-state index in [4.69, 9.17) is 0 Å². The highest BCUT2D eigenvalue weighted by Gasteiger charge is 2.86. The van der Waals surface area contributed by atoms with E-state index in [9.17, 15) is 69.9 Å². The Morgan fingerprint density at radius 2 is 0.800 bits per heavy atom. The quantitative estimate of drug-likeness (QED) is 0.354. The number of rotatable bonds is 5. The second kappa shape index (κ2) is 5.86. The van der Waals surface area contributed by atoms with Crippen LogP contribution in [-0.2, 0) is 9.05 Å². The zero-order chi connectivity index (χ0) is 21.1. The Morgan fingerprint density at radius 3 is 0.960 bits per heavy atom. The van der Waals surface area contributed by atoms with Crippen LogP contribution in [0, 0.1) is 0 Å². The van der Waals surface area contributed by atoms with Gasteiger partial charge in [0.2, 0.25) is 0 Å². The van der Waals surface area contributed by atoms with Crippen LogP contribution in [0.2, 0.25) is 0 Å². The van der Waals surface area contributed by atoms with E-state index in [-0.39, 0.29) is 0 Å². The lowest BCUT2D eigenvalue weighted by atomic mass is 10.3. The zero-order valence-electron chi connectivity index (χ0n) is 10.3. The molecular weight excluding hydrogens is 452 g/mol. The number of hydrogen-bond acceptors (Lipinski definition) is 3. The molecule has 0 unspecified atom stereocenters. The lowest BCUT2D eigenvalue weighted by Gasteiger charge is -2.43. The first-order chi connectivity index (χ1) is 10.4. The monoisotopic (exact) mass is 451 g/mol. The van der Waals surface area contributed by atoms with Crippen LogP contribution in [0.25, 0.3) is 0 Å². The summed E-state index contributed by atoms with van der Waals surface area (Å²) in [6, 6.07) is -24.0. The van der Waals surface area contributed by atoms with Crippen LogP contribution in [0.1, 0.15) is 0 Å². The predicted molar refractivity (Wildman–Crippen MR) is 48.5 cm³/mol. The van der Waals surface area contributed by atoms with Crippen molar-refractivity contribution < 1.29 is 69.9 Å². The third kappa shape index (κ3) is 3.69. The van der Waals surface area contributed by atoms with E-state index in [0.717, 1.165) is 0 Å². The smallest absolute Gasteiger partial charge is 0.205 e. The van der Waals surface area contributed by atoms with Crippen LogP contribution in [0.3, 0.4) is 0 Å². The topological polar surface area (TPSA) is 37.4 Å². The Morgan fingerprint density at radius 1 is 0.560 bits per heavy atom. The van der Waals surface area contributed by atoms with E-state index in [0.29, 0.717) is 0 Å². The Labute approximate surface area is 131 Å². The van der Waals surface area contributed by atoms with Gasteiger partial charge < -0.3 is 0 Å². The van der Waals surface area contributed by atoms with Gasteiger partial charge in [0.15, 0.2) is 0 Å². The molecule has 0 radical (unpaired) electrons. The Hall–Kier alpha value is -0.780. The minimum atomic E-state index is -7.99. The third-order valence-electron chi connectivity index (χ3n) is 2.18. The van der Waals surface area contributed by atoms with Gasteiger partial charge in [-0.1, -0.05) is 4.90 Å². The van der Waals surface area contributed by atoms with Crippen molar-refractivity contribution >= 4 is 19.7 Å². The van der Waals surface area contributed by atoms with Gasteiger partial charge in [-0.2, -0.15) is 61.5 Å². The molecule has 0 aliphatic carbocycles. The molecular formula is C6ClF14NO2S. The van der Waals surface area contributed by atoms with Gasteiger partial charge in [-0.15, -0.1) is 0 Å². The summed E-state index contributed by atoms with van der Waals surface area (Å²) in [4.78, 5) is -4.60. The summed E-state index contributed by atoms with van der Waals surface area (Å²) in [6.07, 6.45) is -15.4. The Kier molecular flexibility index (Phi) is 5.68. The maximum Gasteiger partial charge on any atom is 0.469 e. The molecule has 0 saturated carbocycles. The van der Waals surface area contributed by atoms with Crippen molar-refractivity contribution in [1.29, 1.82) is 0 Å². The number of alkyl halides is 14. The Balaban J connectivity index is 6.98. The van der Waals surface area contributed by atoms with Crippen LogP contribution in [0.4, 0.5) is 61.5 Å². The van der Waals surface area contributed by atoms with Crippen molar-refractivity contribution in [1.82, 2.24) is 4.90 Å². The second-order valence-corrected chi connectivity index (χ2v) is 6.52. The molecule has 0 atom stereocenters. The van der Waals surface area contributed by atoms with E-state index in [2.05, 4.69) is 10.7 Å². The summed E-state index contributed by atoms with van der Waals surface area (Å²) in [5.74, 6) is 0. The van der Waals surface area contributed by atoms with Gasteiger partial charge in [-0.05, 0) is 0 Å². The molecule has 152 valence electrons. The summed E-state index contributed by atoms with van der Waals surface area (Å²) in [7, 11) is -3.63. The highest BCUT2D eigenvalue weighted by Crippen LogP contribution is 2.57. The van der Waals surface area contributed by atoms with E-state index in [1.807, 2.05) is 0 Å². The fraction of sp³-hybridized carbons (Fsp3) is 1.00. The summed E-state index contributed by atoms with van der Waals surface area (Å²) in [5.41, 5.74) is 0. The molecule has 0 aliphatic rings. The average molecular weight is 452 g/mol. The predicted octanol–water partition coefficient (Wildman–Crippen LogP) is 4.35. The van der Waals surface area contributed by atoms with E-state index >= 15 is 0 Å². The van der Waals surface area contributed by atoms with Gasteiger partial charge in [0.25, 0.3) is 0 Å². The van der Waals surface area contributed by atoms with Crippen LogP contribution < -0.4 is 0 Å². The van der Waals surface area contributed by atoms with Crippen molar-refractivity contribution in [2.45, 2.75) is 35.7 Å². The molecule has 0 aromatic heterocycles. The van der Waals surface area contributed by atoms with Crippen LogP contribution in [0.5, 0.6) is 0 Å².